The maximum absolute atomic E-state index is 11.6. The van der Waals surface area contributed by atoms with Crippen LogP contribution >= 0.6 is 0 Å². The number of carboxylic acid groups (broad SMARTS) is 1. The van der Waals surface area contributed by atoms with Gasteiger partial charge in [-0.2, -0.15) is 0 Å². The largest absolute Gasteiger partial charge is 0.496 e. The normalized spacial score (nSPS) is 15.1. The van der Waals surface area contributed by atoms with Gasteiger partial charge >= 0.3 is 5.97 Å². The molecule has 0 spiro atoms. The summed E-state index contributed by atoms with van der Waals surface area (Å²) in [5, 5.41) is 8.93. The summed E-state index contributed by atoms with van der Waals surface area (Å²) in [6.07, 6.45) is 0.365. The fraction of sp³-hybridized carbons (Fsp3) is 0.250. The van der Waals surface area contributed by atoms with Crippen molar-refractivity contribution in [2.75, 3.05) is 12.0 Å². The first-order valence-corrected chi connectivity index (χ1v) is 5.31. The van der Waals surface area contributed by atoms with Crippen LogP contribution in [0.1, 0.15) is 23.2 Å². The summed E-state index contributed by atoms with van der Waals surface area (Å²) in [5.41, 5.74) is 0.324. The van der Waals surface area contributed by atoms with E-state index in [0.717, 1.165) is 4.90 Å². The van der Waals surface area contributed by atoms with Crippen LogP contribution in [0.15, 0.2) is 18.2 Å². The highest BCUT2D eigenvalue weighted by molar-refractivity contribution is 6.20. The van der Waals surface area contributed by atoms with Gasteiger partial charge in [0.25, 0.3) is 0 Å². The van der Waals surface area contributed by atoms with E-state index in [0.29, 0.717) is 5.69 Å². The van der Waals surface area contributed by atoms with Crippen molar-refractivity contribution in [1.82, 2.24) is 0 Å². The van der Waals surface area contributed by atoms with E-state index in [-0.39, 0.29) is 36.0 Å². The Balaban J connectivity index is 2.44. The SMILES string of the molecule is COc1cc(N2C(=O)CCC2=O)ccc1C(=O)O. The molecule has 1 aromatic rings. The third-order valence-corrected chi connectivity index (χ3v) is 2.73. The average molecular weight is 249 g/mol. The van der Waals surface area contributed by atoms with Crippen LogP contribution in [0.3, 0.4) is 0 Å². The molecular formula is C12H11NO5. The number of hydrogen-bond acceptors (Lipinski definition) is 4. The first-order valence-electron chi connectivity index (χ1n) is 5.31. The lowest BCUT2D eigenvalue weighted by molar-refractivity contribution is -0.121. The Bertz CT molecular complexity index is 521. The van der Waals surface area contributed by atoms with Crippen LogP contribution in [0.2, 0.25) is 0 Å². The molecule has 0 saturated carbocycles. The van der Waals surface area contributed by atoms with Crippen molar-refractivity contribution in [2.24, 2.45) is 0 Å². The van der Waals surface area contributed by atoms with Gasteiger partial charge in [0, 0.05) is 18.9 Å². The lowest BCUT2D eigenvalue weighted by Gasteiger charge is -2.15. The number of imide groups is 1. The van der Waals surface area contributed by atoms with E-state index in [1.54, 1.807) is 0 Å². The number of aromatic carboxylic acids is 1. The molecule has 0 unspecified atom stereocenters. The Morgan fingerprint density at radius 1 is 1.28 bits per heavy atom. The van der Waals surface area contributed by atoms with Crippen molar-refractivity contribution in [3.63, 3.8) is 0 Å². The number of carbonyl (C=O) groups is 3. The van der Waals surface area contributed by atoms with Crippen LogP contribution in [0.4, 0.5) is 5.69 Å². The number of carboxylic acids is 1. The minimum absolute atomic E-state index is 0.0136. The number of benzene rings is 1. The van der Waals surface area contributed by atoms with Crippen molar-refractivity contribution in [1.29, 1.82) is 0 Å². The number of amides is 2. The van der Waals surface area contributed by atoms with E-state index in [9.17, 15) is 14.4 Å². The highest BCUT2D eigenvalue weighted by Crippen LogP contribution is 2.29. The first kappa shape index (κ1) is 12.1. The summed E-state index contributed by atoms with van der Waals surface area (Å²) in [6.45, 7) is 0. The van der Waals surface area contributed by atoms with Crippen molar-refractivity contribution in [2.45, 2.75) is 12.8 Å². The summed E-state index contributed by atoms with van der Waals surface area (Å²) in [6, 6.07) is 4.12. The lowest BCUT2D eigenvalue weighted by Crippen LogP contribution is -2.28. The summed E-state index contributed by atoms with van der Waals surface area (Å²) in [5.74, 6) is -1.58. The van der Waals surface area contributed by atoms with Gasteiger partial charge < -0.3 is 9.84 Å². The Morgan fingerprint density at radius 2 is 1.89 bits per heavy atom. The van der Waals surface area contributed by atoms with Crippen LogP contribution < -0.4 is 9.64 Å². The second-order valence-electron chi connectivity index (χ2n) is 3.81. The Hall–Kier alpha value is -2.37. The van der Waals surface area contributed by atoms with Gasteiger partial charge in [-0.25, -0.2) is 4.79 Å². The summed E-state index contributed by atoms with van der Waals surface area (Å²) >= 11 is 0. The second-order valence-corrected chi connectivity index (χ2v) is 3.81. The van der Waals surface area contributed by atoms with Crippen molar-refractivity contribution in [3.8, 4) is 5.75 Å². The monoisotopic (exact) mass is 249 g/mol. The maximum atomic E-state index is 11.6. The molecule has 1 heterocycles. The molecule has 6 heteroatoms. The van der Waals surface area contributed by atoms with Crippen molar-refractivity contribution >= 4 is 23.5 Å². The smallest absolute Gasteiger partial charge is 0.339 e. The fourth-order valence-corrected chi connectivity index (χ4v) is 1.86. The van der Waals surface area contributed by atoms with Gasteiger partial charge in [0.2, 0.25) is 11.8 Å². The van der Waals surface area contributed by atoms with Crippen LogP contribution in [0, 0.1) is 0 Å². The average Bonchev–Trinajstić information content (AvgIpc) is 2.68. The molecule has 1 fully saturated rings. The number of rotatable bonds is 3. The molecule has 1 N–H and O–H groups in total. The molecule has 0 atom stereocenters. The Kier molecular flexibility index (Phi) is 3.01. The highest BCUT2D eigenvalue weighted by Gasteiger charge is 2.31. The molecule has 18 heavy (non-hydrogen) atoms. The molecule has 1 saturated heterocycles. The summed E-state index contributed by atoms with van der Waals surface area (Å²) in [7, 11) is 1.33. The number of carbonyl (C=O) groups excluding carboxylic acids is 2. The number of methoxy groups -OCH3 is 1. The summed E-state index contributed by atoms with van der Waals surface area (Å²) in [4.78, 5) is 35.1. The highest BCUT2D eigenvalue weighted by atomic mass is 16.5. The number of hydrogen-bond donors (Lipinski definition) is 1. The molecule has 0 bridgehead atoms. The van der Waals surface area contributed by atoms with E-state index >= 15 is 0 Å². The number of nitrogens with zero attached hydrogens (tertiary/aromatic N) is 1. The van der Waals surface area contributed by atoms with E-state index in [1.165, 1.54) is 25.3 Å². The van der Waals surface area contributed by atoms with Gasteiger partial charge in [-0.3, -0.25) is 14.5 Å². The van der Waals surface area contributed by atoms with E-state index in [2.05, 4.69) is 0 Å². The lowest BCUT2D eigenvalue weighted by atomic mass is 10.1. The zero-order chi connectivity index (χ0) is 13.3. The zero-order valence-electron chi connectivity index (χ0n) is 9.67. The first-order chi connectivity index (χ1) is 8.54. The number of ether oxygens (including phenoxy) is 1. The molecule has 0 aliphatic carbocycles. The van der Waals surface area contributed by atoms with Crippen molar-refractivity contribution in [3.05, 3.63) is 23.8 Å². The van der Waals surface area contributed by atoms with Crippen LogP contribution in [0.25, 0.3) is 0 Å². The molecule has 1 aliphatic heterocycles. The van der Waals surface area contributed by atoms with Crippen LogP contribution in [-0.4, -0.2) is 30.0 Å². The molecule has 1 aliphatic rings. The van der Waals surface area contributed by atoms with Gasteiger partial charge in [-0.05, 0) is 12.1 Å². The third kappa shape index (κ3) is 1.92. The molecule has 94 valence electrons. The van der Waals surface area contributed by atoms with Gasteiger partial charge in [0.1, 0.15) is 11.3 Å². The maximum Gasteiger partial charge on any atom is 0.339 e. The van der Waals surface area contributed by atoms with Gasteiger partial charge in [-0.1, -0.05) is 0 Å². The molecular weight excluding hydrogens is 238 g/mol. The predicted octanol–water partition coefficient (Wildman–Crippen LogP) is 1.05. The standard InChI is InChI=1S/C12H11NO5/c1-18-9-6-7(2-3-8(9)12(16)17)13-10(14)4-5-11(13)15/h2-3,6H,4-5H2,1H3,(H,16,17). The molecule has 0 aromatic heterocycles. The molecule has 2 rings (SSSR count). The minimum atomic E-state index is -1.13. The predicted molar refractivity (Wildman–Crippen MR) is 61.7 cm³/mol. The molecule has 6 nitrogen and oxygen atoms in total. The minimum Gasteiger partial charge on any atom is -0.496 e. The zero-order valence-corrected chi connectivity index (χ0v) is 9.67. The van der Waals surface area contributed by atoms with E-state index < -0.39 is 5.97 Å². The Morgan fingerprint density at radius 3 is 2.39 bits per heavy atom. The summed E-state index contributed by atoms with van der Waals surface area (Å²) < 4.78 is 4.95. The van der Waals surface area contributed by atoms with Gasteiger partial charge in [-0.15, -0.1) is 0 Å². The van der Waals surface area contributed by atoms with Gasteiger partial charge in [0.05, 0.1) is 12.8 Å². The molecule has 1 aromatic carbocycles. The quantitative estimate of drug-likeness (QED) is 0.809. The fourth-order valence-electron chi connectivity index (χ4n) is 1.86. The van der Waals surface area contributed by atoms with Crippen molar-refractivity contribution < 1.29 is 24.2 Å². The molecule has 0 radical (unpaired) electrons. The number of anilines is 1. The topological polar surface area (TPSA) is 83.9 Å². The van der Waals surface area contributed by atoms with Crippen LogP contribution in [-0.2, 0) is 9.59 Å². The molecule has 2 amide bonds. The van der Waals surface area contributed by atoms with E-state index in [1.807, 2.05) is 0 Å². The van der Waals surface area contributed by atoms with Crippen LogP contribution in [0.5, 0.6) is 5.75 Å². The third-order valence-electron chi connectivity index (χ3n) is 2.73. The Labute approximate surface area is 103 Å². The second kappa shape index (κ2) is 4.48. The van der Waals surface area contributed by atoms with E-state index in [4.69, 9.17) is 9.84 Å². The van der Waals surface area contributed by atoms with Gasteiger partial charge in [0.15, 0.2) is 0 Å².